The van der Waals surface area contributed by atoms with Crippen molar-refractivity contribution in [3.8, 4) is 0 Å². The van der Waals surface area contributed by atoms with Crippen LogP contribution in [-0.2, 0) is 17.8 Å². The molecule has 0 spiro atoms. The van der Waals surface area contributed by atoms with E-state index in [1.807, 2.05) is 21.9 Å². The topological polar surface area (TPSA) is 65.8 Å². The molecule has 1 saturated carbocycles. The fourth-order valence-electron chi connectivity index (χ4n) is 4.11. The Kier molecular flexibility index (Phi) is 4.08. The minimum atomic E-state index is -0.301. The van der Waals surface area contributed by atoms with E-state index in [9.17, 15) is 14.7 Å². The molecule has 3 aliphatic rings. The van der Waals surface area contributed by atoms with Crippen molar-refractivity contribution in [2.24, 2.45) is 5.92 Å². The monoisotopic (exact) mass is 331 g/mol. The highest BCUT2D eigenvalue weighted by molar-refractivity contribution is 5.93. The number of amides is 2. The van der Waals surface area contributed by atoms with Gasteiger partial charge in [0.1, 0.15) is 5.69 Å². The second-order valence-corrected chi connectivity index (χ2v) is 7.26. The van der Waals surface area contributed by atoms with Gasteiger partial charge in [-0.2, -0.15) is 0 Å². The maximum Gasteiger partial charge on any atom is 0.270 e. The van der Waals surface area contributed by atoms with Gasteiger partial charge in [0.05, 0.1) is 6.10 Å². The Morgan fingerprint density at radius 1 is 0.958 bits per heavy atom. The highest BCUT2D eigenvalue weighted by Gasteiger charge is 2.36. The third-order valence-electron chi connectivity index (χ3n) is 5.69. The molecule has 1 N–H and O–H groups in total. The smallest absolute Gasteiger partial charge is 0.270 e. The van der Waals surface area contributed by atoms with E-state index < -0.39 is 0 Å². The molecule has 6 heteroatoms. The molecule has 3 heterocycles. The molecule has 2 fully saturated rings. The van der Waals surface area contributed by atoms with Crippen molar-refractivity contribution in [1.29, 1.82) is 0 Å². The zero-order valence-corrected chi connectivity index (χ0v) is 14.0. The lowest BCUT2D eigenvalue weighted by molar-refractivity contribution is -0.142. The van der Waals surface area contributed by atoms with Crippen molar-refractivity contribution in [3.63, 3.8) is 0 Å². The summed E-state index contributed by atoms with van der Waals surface area (Å²) >= 11 is 0. The molecule has 0 aromatic carbocycles. The standard InChI is InChI=1S/C18H25N3O3/c22-15-11-13(12-15)17(23)20-8-5-14-3-4-16(21(14)10-9-20)18(24)19-6-1-2-7-19/h3-4,13,15,22H,1-2,5-12H2. The SMILES string of the molecule is O=C(c1ccc2n1CCN(C(=O)C1CC(O)C1)CC2)N1CCCC1. The van der Waals surface area contributed by atoms with Gasteiger partial charge in [-0.05, 0) is 37.8 Å². The minimum Gasteiger partial charge on any atom is -0.393 e. The van der Waals surface area contributed by atoms with Gasteiger partial charge >= 0.3 is 0 Å². The Morgan fingerprint density at radius 2 is 1.71 bits per heavy atom. The second kappa shape index (κ2) is 6.24. The number of carbonyl (C=O) groups is 2. The molecule has 0 atom stereocenters. The van der Waals surface area contributed by atoms with E-state index in [-0.39, 0.29) is 23.8 Å². The molecule has 4 rings (SSSR count). The third kappa shape index (κ3) is 2.73. The number of carbonyl (C=O) groups excluding carboxylic acids is 2. The van der Waals surface area contributed by atoms with Crippen molar-refractivity contribution in [1.82, 2.24) is 14.4 Å². The molecule has 130 valence electrons. The number of likely N-dealkylation sites (tertiary alicyclic amines) is 1. The van der Waals surface area contributed by atoms with Gasteiger partial charge in [-0.1, -0.05) is 0 Å². The lowest BCUT2D eigenvalue weighted by Crippen LogP contribution is -2.44. The Hall–Kier alpha value is -1.82. The fourth-order valence-corrected chi connectivity index (χ4v) is 4.11. The van der Waals surface area contributed by atoms with Gasteiger partial charge in [0.25, 0.3) is 5.91 Å². The van der Waals surface area contributed by atoms with Crippen molar-refractivity contribution < 1.29 is 14.7 Å². The molecular formula is C18H25N3O3. The van der Waals surface area contributed by atoms with Crippen LogP contribution in [-0.4, -0.2) is 63.6 Å². The second-order valence-electron chi connectivity index (χ2n) is 7.26. The highest BCUT2D eigenvalue weighted by Crippen LogP contribution is 2.29. The number of aliphatic hydroxyl groups is 1. The molecule has 0 radical (unpaired) electrons. The van der Waals surface area contributed by atoms with Crippen molar-refractivity contribution in [3.05, 3.63) is 23.5 Å². The summed E-state index contributed by atoms with van der Waals surface area (Å²) in [5.74, 6) is 0.280. The van der Waals surface area contributed by atoms with E-state index >= 15 is 0 Å². The maximum atomic E-state index is 12.7. The first-order valence-electron chi connectivity index (χ1n) is 9.08. The van der Waals surface area contributed by atoms with Gasteiger partial charge in [0.15, 0.2) is 0 Å². The zero-order valence-electron chi connectivity index (χ0n) is 14.0. The molecule has 1 aromatic heterocycles. The van der Waals surface area contributed by atoms with Gasteiger partial charge in [-0.15, -0.1) is 0 Å². The predicted octanol–water partition coefficient (Wildman–Crippen LogP) is 0.880. The number of aliphatic hydroxyl groups excluding tert-OH is 1. The molecular weight excluding hydrogens is 306 g/mol. The van der Waals surface area contributed by atoms with Crippen LogP contribution >= 0.6 is 0 Å². The van der Waals surface area contributed by atoms with Crippen LogP contribution in [0.25, 0.3) is 0 Å². The lowest BCUT2D eigenvalue weighted by atomic mass is 9.81. The number of rotatable bonds is 2. The number of aromatic nitrogens is 1. The number of nitrogens with zero attached hydrogens (tertiary/aromatic N) is 3. The molecule has 6 nitrogen and oxygen atoms in total. The highest BCUT2D eigenvalue weighted by atomic mass is 16.3. The van der Waals surface area contributed by atoms with Crippen molar-refractivity contribution in [2.75, 3.05) is 26.2 Å². The summed E-state index contributed by atoms with van der Waals surface area (Å²) in [5, 5.41) is 9.41. The van der Waals surface area contributed by atoms with Crippen LogP contribution in [0.4, 0.5) is 0 Å². The van der Waals surface area contributed by atoms with E-state index in [1.165, 1.54) is 0 Å². The summed E-state index contributed by atoms with van der Waals surface area (Å²) in [4.78, 5) is 29.1. The molecule has 0 unspecified atom stereocenters. The Morgan fingerprint density at radius 3 is 2.42 bits per heavy atom. The van der Waals surface area contributed by atoms with Gasteiger partial charge in [-0.25, -0.2) is 0 Å². The Balaban J connectivity index is 1.45. The Labute approximate surface area is 142 Å². The summed E-state index contributed by atoms with van der Waals surface area (Å²) in [5.41, 5.74) is 1.90. The first-order chi connectivity index (χ1) is 11.6. The van der Waals surface area contributed by atoms with Gasteiger partial charge in [0.2, 0.25) is 5.91 Å². The number of hydrogen-bond acceptors (Lipinski definition) is 3. The summed E-state index contributed by atoms with van der Waals surface area (Å²) < 4.78 is 2.10. The van der Waals surface area contributed by atoms with E-state index in [2.05, 4.69) is 4.57 Å². The van der Waals surface area contributed by atoms with Crippen LogP contribution in [0.1, 0.15) is 41.9 Å². The number of hydrogen-bond donors (Lipinski definition) is 1. The minimum absolute atomic E-state index is 0.0110. The lowest BCUT2D eigenvalue weighted by Gasteiger charge is -2.34. The average Bonchev–Trinajstić information content (AvgIpc) is 3.17. The quantitative estimate of drug-likeness (QED) is 0.875. The Bertz CT molecular complexity index is 642. The van der Waals surface area contributed by atoms with E-state index in [1.54, 1.807) is 0 Å². The zero-order chi connectivity index (χ0) is 16.7. The van der Waals surface area contributed by atoms with Crippen molar-refractivity contribution in [2.45, 2.75) is 44.8 Å². The van der Waals surface area contributed by atoms with Crippen LogP contribution < -0.4 is 0 Å². The van der Waals surface area contributed by atoms with E-state index in [0.717, 1.165) is 43.7 Å². The van der Waals surface area contributed by atoms with Crippen LogP contribution in [0.15, 0.2) is 12.1 Å². The largest absolute Gasteiger partial charge is 0.393 e. The molecule has 24 heavy (non-hydrogen) atoms. The van der Waals surface area contributed by atoms with Gasteiger partial charge in [0, 0.05) is 50.8 Å². The summed E-state index contributed by atoms with van der Waals surface area (Å²) in [7, 11) is 0. The summed E-state index contributed by atoms with van der Waals surface area (Å²) in [6.45, 7) is 3.74. The van der Waals surface area contributed by atoms with Crippen molar-refractivity contribution >= 4 is 11.8 Å². The molecule has 1 aromatic rings. The normalized spacial score (nSPS) is 26.7. The molecule has 2 amide bonds. The number of fused-ring (bicyclic) bond motifs is 1. The molecule has 1 saturated heterocycles. The van der Waals surface area contributed by atoms with E-state index in [4.69, 9.17) is 0 Å². The van der Waals surface area contributed by atoms with Crippen LogP contribution in [0.2, 0.25) is 0 Å². The van der Waals surface area contributed by atoms with Crippen LogP contribution in [0.5, 0.6) is 0 Å². The molecule has 0 bridgehead atoms. The van der Waals surface area contributed by atoms with Crippen LogP contribution in [0, 0.1) is 5.92 Å². The van der Waals surface area contributed by atoms with Gasteiger partial charge in [-0.3, -0.25) is 9.59 Å². The summed E-state index contributed by atoms with van der Waals surface area (Å²) in [6.07, 6.45) is 3.86. The molecule has 2 aliphatic heterocycles. The van der Waals surface area contributed by atoms with Gasteiger partial charge < -0.3 is 19.5 Å². The third-order valence-corrected chi connectivity index (χ3v) is 5.69. The first kappa shape index (κ1) is 15.7. The predicted molar refractivity (Wildman–Crippen MR) is 88.6 cm³/mol. The first-order valence-corrected chi connectivity index (χ1v) is 9.08. The fraction of sp³-hybridized carbons (Fsp3) is 0.667. The van der Waals surface area contributed by atoms with E-state index in [0.29, 0.717) is 32.5 Å². The average molecular weight is 331 g/mol. The molecule has 1 aliphatic carbocycles. The summed E-state index contributed by atoms with van der Waals surface area (Å²) in [6, 6.07) is 3.97. The van der Waals surface area contributed by atoms with Crippen LogP contribution in [0.3, 0.4) is 0 Å². The maximum absolute atomic E-state index is 12.7.